The van der Waals surface area contributed by atoms with Crippen molar-refractivity contribution in [3.63, 3.8) is 0 Å². The van der Waals surface area contributed by atoms with Crippen molar-refractivity contribution >= 4 is 11.9 Å². The third-order valence-corrected chi connectivity index (χ3v) is 0.764. The molecule has 0 aromatic heterocycles. The highest BCUT2D eigenvalue weighted by Crippen LogP contribution is 1.89. The van der Waals surface area contributed by atoms with Crippen LogP contribution in [0, 0.1) is 0 Å². The van der Waals surface area contributed by atoms with E-state index in [1.54, 1.807) is 0 Å². The van der Waals surface area contributed by atoms with Crippen molar-refractivity contribution in [1.29, 1.82) is 0 Å². The molecule has 0 bridgehead atoms. The Bertz CT molecular complexity index is 267. The Hall–Kier alpha value is -1.06. The molecule has 0 unspecified atom stereocenters. The molecule has 0 saturated carbocycles. The molecule has 0 aliphatic heterocycles. The standard InChI is InChI=1S/C7H13NO3/c1-6(9)11-5-3-4-7(10)8-2/h3-5H2,1-2H3,(H,8,10)/i4D2,5D2. The van der Waals surface area contributed by atoms with Crippen LogP contribution >= 0.6 is 0 Å². The number of hydrogen-bond donors (Lipinski definition) is 1. The Morgan fingerprint density at radius 1 is 1.64 bits per heavy atom. The van der Waals surface area contributed by atoms with Gasteiger partial charge in [0.2, 0.25) is 5.91 Å². The summed E-state index contributed by atoms with van der Waals surface area (Å²) >= 11 is 0. The molecule has 0 rings (SSSR count). The van der Waals surface area contributed by atoms with Gasteiger partial charge in [-0.05, 0) is 6.42 Å². The summed E-state index contributed by atoms with van der Waals surface area (Å²) in [5, 5.41) is 2.06. The van der Waals surface area contributed by atoms with E-state index in [4.69, 9.17) is 5.48 Å². The highest BCUT2D eigenvalue weighted by Gasteiger charge is 1.97. The molecule has 0 aliphatic carbocycles. The van der Waals surface area contributed by atoms with E-state index in [0.717, 1.165) is 6.92 Å². The van der Waals surface area contributed by atoms with Gasteiger partial charge in [0.1, 0.15) is 0 Å². The first kappa shape index (κ1) is 4.74. The molecule has 1 N–H and O–H groups in total. The quantitative estimate of drug-likeness (QED) is 0.597. The van der Waals surface area contributed by atoms with E-state index in [1.165, 1.54) is 7.05 Å². The molecule has 0 atom stereocenters. The fourth-order valence-corrected chi connectivity index (χ4v) is 0.342. The zero-order chi connectivity index (χ0) is 12.3. The van der Waals surface area contributed by atoms with Crippen molar-refractivity contribution in [3.05, 3.63) is 0 Å². The lowest BCUT2D eigenvalue weighted by atomic mass is 10.3. The lowest BCUT2D eigenvalue weighted by Crippen LogP contribution is -2.17. The minimum absolute atomic E-state index is 0.848. The van der Waals surface area contributed by atoms with Crippen molar-refractivity contribution in [2.75, 3.05) is 13.6 Å². The first-order valence-electron chi connectivity index (χ1n) is 5.02. The molecule has 11 heavy (non-hydrogen) atoms. The smallest absolute Gasteiger partial charge is 0.302 e. The van der Waals surface area contributed by atoms with Crippen LogP contribution in [0.2, 0.25) is 0 Å². The topological polar surface area (TPSA) is 55.4 Å². The summed E-state index contributed by atoms with van der Waals surface area (Å²) in [5.74, 6) is -1.83. The van der Waals surface area contributed by atoms with E-state index in [2.05, 4.69) is 10.1 Å². The lowest BCUT2D eigenvalue weighted by molar-refractivity contribution is -0.141. The van der Waals surface area contributed by atoms with Crippen molar-refractivity contribution in [2.24, 2.45) is 0 Å². The van der Waals surface area contributed by atoms with Crippen LogP contribution < -0.4 is 5.32 Å². The van der Waals surface area contributed by atoms with Crippen molar-refractivity contribution < 1.29 is 19.8 Å². The predicted molar refractivity (Wildman–Crippen MR) is 39.9 cm³/mol. The number of ether oxygens (including phenoxy) is 1. The summed E-state index contributed by atoms with van der Waals surface area (Å²) in [7, 11) is 1.24. The second-order valence-electron chi connectivity index (χ2n) is 1.67. The van der Waals surface area contributed by atoms with Gasteiger partial charge in [-0.2, -0.15) is 0 Å². The third-order valence-electron chi connectivity index (χ3n) is 0.764. The largest absolute Gasteiger partial charge is 0.466 e. The summed E-state index contributed by atoms with van der Waals surface area (Å²) in [6.45, 7) is -1.49. The van der Waals surface area contributed by atoms with Gasteiger partial charge in [-0.15, -0.1) is 0 Å². The Balaban J connectivity index is 4.56. The number of carbonyl (C=O) groups excluding carboxylic acids is 2. The van der Waals surface area contributed by atoms with Gasteiger partial charge in [0.15, 0.2) is 0 Å². The van der Waals surface area contributed by atoms with Gasteiger partial charge >= 0.3 is 5.97 Å². The molecule has 0 aromatic carbocycles. The summed E-state index contributed by atoms with van der Waals surface area (Å²) in [6.07, 6.45) is -3.27. The Labute approximate surface area is 71.5 Å². The summed E-state index contributed by atoms with van der Waals surface area (Å²) in [5.41, 5.74) is 0. The van der Waals surface area contributed by atoms with Gasteiger partial charge in [0, 0.05) is 23.1 Å². The first-order valence-corrected chi connectivity index (χ1v) is 3.02. The molecule has 0 aliphatic rings. The maximum absolute atomic E-state index is 11.0. The van der Waals surface area contributed by atoms with Crippen molar-refractivity contribution in [2.45, 2.75) is 19.7 Å². The van der Waals surface area contributed by atoms with E-state index in [1.807, 2.05) is 0 Å². The number of hydrogen-bond acceptors (Lipinski definition) is 3. The summed E-state index contributed by atoms with van der Waals surface area (Å²) < 4.78 is 33.1. The molecule has 0 heterocycles. The van der Waals surface area contributed by atoms with Gasteiger partial charge < -0.3 is 10.1 Å². The van der Waals surface area contributed by atoms with Crippen LogP contribution in [0.15, 0.2) is 0 Å². The van der Waals surface area contributed by atoms with Crippen LogP contribution in [0.1, 0.15) is 25.2 Å². The molecule has 0 saturated heterocycles. The van der Waals surface area contributed by atoms with E-state index >= 15 is 0 Å². The van der Waals surface area contributed by atoms with Crippen LogP contribution in [-0.2, 0) is 14.3 Å². The Morgan fingerprint density at radius 2 is 2.27 bits per heavy atom. The van der Waals surface area contributed by atoms with Crippen LogP contribution in [0.3, 0.4) is 0 Å². The Kier molecular flexibility index (Phi) is 2.46. The molecule has 1 amide bonds. The second kappa shape index (κ2) is 5.70. The van der Waals surface area contributed by atoms with Crippen molar-refractivity contribution in [3.8, 4) is 0 Å². The maximum Gasteiger partial charge on any atom is 0.302 e. The molecule has 0 radical (unpaired) electrons. The number of carbonyl (C=O) groups is 2. The summed E-state index contributed by atoms with van der Waals surface area (Å²) in [4.78, 5) is 21.5. The van der Waals surface area contributed by atoms with Gasteiger partial charge in [-0.25, -0.2) is 0 Å². The molecular formula is C7H13NO3. The average Bonchev–Trinajstić information content (AvgIpc) is 1.97. The molecular weight excluding hydrogens is 146 g/mol. The molecule has 4 heteroatoms. The summed E-state index contributed by atoms with van der Waals surface area (Å²) in [6, 6.07) is 0. The molecule has 0 fully saturated rings. The predicted octanol–water partition coefficient (Wildman–Crippen LogP) is 0.0757. The van der Waals surface area contributed by atoms with E-state index in [0.29, 0.717) is 0 Å². The molecule has 0 spiro atoms. The minimum Gasteiger partial charge on any atom is -0.466 e. The molecule has 0 aromatic rings. The normalized spacial score (nSPS) is 16.9. The van der Waals surface area contributed by atoms with Gasteiger partial charge in [-0.3, -0.25) is 9.59 Å². The fourth-order valence-electron chi connectivity index (χ4n) is 0.342. The maximum atomic E-state index is 11.0. The second-order valence-corrected chi connectivity index (χ2v) is 1.67. The lowest BCUT2D eigenvalue weighted by Gasteiger charge is -2.00. The highest BCUT2D eigenvalue weighted by atomic mass is 16.5. The van der Waals surface area contributed by atoms with Crippen molar-refractivity contribution in [1.82, 2.24) is 5.32 Å². The van der Waals surface area contributed by atoms with Crippen LogP contribution in [-0.4, -0.2) is 25.5 Å². The van der Waals surface area contributed by atoms with E-state index in [9.17, 15) is 9.59 Å². The van der Waals surface area contributed by atoms with E-state index in [-0.39, 0.29) is 0 Å². The monoisotopic (exact) mass is 163 g/mol. The van der Waals surface area contributed by atoms with Gasteiger partial charge in [-0.1, -0.05) is 0 Å². The molecule has 4 nitrogen and oxygen atoms in total. The number of nitrogens with one attached hydrogen (secondary N) is 1. The van der Waals surface area contributed by atoms with E-state index < -0.39 is 31.2 Å². The van der Waals surface area contributed by atoms with Crippen LogP contribution in [0.5, 0.6) is 0 Å². The Morgan fingerprint density at radius 3 is 2.73 bits per heavy atom. The third kappa shape index (κ3) is 6.83. The van der Waals surface area contributed by atoms with Gasteiger partial charge in [0.25, 0.3) is 0 Å². The SMILES string of the molecule is [2H]C([2H])(CC([2H])([2H])C(=O)NC)OC(C)=O. The minimum atomic E-state index is -2.50. The fraction of sp³-hybridized carbons (Fsp3) is 0.714. The van der Waals surface area contributed by atoms with Crippen LogP contribution in [0.4, 0.5) is 0 Å². The zero-order valence-electron chi connectivity index (χ0n) is 10.4. The number of amides is 1. The zero-order valence-corrected chi connectivity index (χ0v) is 6.43. The average molecular weight is 163 g/mol. The molecule has 64 valence electrons. The number of rotatable bonds is 4. The van der Waals surface area contributed by atoms with Crippen LogP contribution in [0.25, 0.3) is 0 Å². The number of esters is 1. The highest BCUT2D eigenvalue weighted by molar-refractivity contribution is 5.75. The first-order chi connectivity index (χ1) is 6.60. The van der Waals surface area contributed by atoms with Gasteiger partial charge in [0.05, 0.1) is 9.30 Å².